The first-order valence-electron chi connectivity index (χ1n) is 8.28. The number of methoxy groups -OCH3 is 1. The lowest BCUT2D eigenvalue weighted by Gasteiger charge is -2.40. The third kappa shape index (κ3) is 4.09. The molecule has 26 heavy (non-hydrogen) atoms. The number of nitrogens with zero attached hydrogens (tertiary/aromatic N) is 2. The SMILES string of the molecule is COC1OC(CN2C=C(CNc3nc(C)c(C)s3)NN2)C(O)C(O)C1O. The lowest BCUT2D eigenvalue weighted by Crippen LogP contribution is -2.60. The van der Waals surface area contributed by atoms with E-state index >= 15 is 0 Å². The molecule has 5 atom stereocenters. The predicted molar refractivity (Wildman–Crippen MR) is 94.8 cm³/mol. The van der Waals surface area contributed by atoms with E-state index in [2.05, 4.69) is 21.3 Å². The molecule has 0 radical (unpaired) electrons. The van der Waals surface area contributed by atoms with Crippen molar-refractivity contribution in [3.63, 3.8) is 0 Å². The van der Waals surface area contributed by atoms with Crippen molar-refractivity contribution in [3.8, 4) is 0 Å². The number of aliphatic hydroxyl groups excluding tert-OH is 3. The summed E-state index contributed by atoms with van der Waals surface area (Å²) in [4.78, 5) is 5.61. The molecule has 2 aliphatic heterocycles. The van der Waals surface area contributed by atoms with Gasteiger partial charge in [0, 0.05) is 18.2 Å². The zero-order valence-corrected chi connectivity index (χ0v) is 15.7. The Labute approximate surface area is 155 Å². The molecule has 0 amide bonds. The Hall–Kier alpha value is -1.47. The second-order valence-electron chi connectivity index (χ2n) is 6.31. The quantitative estimate of drug-likeness (QED) is 0.353. The molecular weight excluding hydrogens is 362 g/mol. The maximum absolute atomic E-state index is 10.1. The lowest BCUT2D eigenvalue weighted by atomic mass is 9.99. The minimum Gasteiger partial charge on any atom is -0.388 e. The van der Waals surface area contributed by atoms with Crippen molar-refractivity contribution in [2.24, 2.45) is 0 Å². The molecule has 1 saturated heterocycles. The van der Waals surface area contributed by atoms with Gasteiger partial charge in [-0.2, -0.15) is 0 Å². The molecule has 10 nitrogen and oxygen atoms in total. The number of hydrazine groups is 2. The van der Waals surface area contributed by atoms with Crippen LogP contribution in [0.25, 0.3) is 0 Å². The van der Waals surface area contributed by atoms with E-state index in [4.69, 9.17) is 9.47 Å². The average Bonchev–Trinajstić information content (AvgIpc) is 3.20. The Morgan fingerprint density at radius 1 is 1.31 bits per heavy atom. The van der Waals surface area contributed by atoms with Crippen molar-refractivity contribution in [3.05, 3.63) is 22.5 Å². The van der Waals surface area contributed by atoms with Gasteiger partial charge in [-0.05, 0) is 13.8 Å². The summed E-state index contributed by atoms with van der Waals surface area (Å²) >= 11 is 1.60. The van der Waals surface area contributed by atoms with Crippen molar-refractivity contribution in [2.45, 2.75) is 44.6 Å². The highest BCUT2D eigenvalue weighted by atomic mass is 32.1. The van der Waals surface area contributed by atoms with Crippen molar-refractivity contribution in [1.29, 1.82) is 0 Å². The van der Waals surface area contributed by atoms with Crippen molar-refractivity contribution in [1.82, 2.24) is 21.0 Å². The number of ether oxygens (including phenoxy) is 2. The molecule has 6 N–H and O–H groups in total. The molecule has 2 aliphatic rings. The van der Waals surface area contributed by atoms with E-state index in [1.54, 1.807) is 16.3 Å². The molecule has 0 aromatic carbocycles. The predicted octanol–water partition coefficient (Wildman–Crippen LogP) is -1.21. The van der Waals surface area contributed by atoms with Gasteiger partial charge in [0.15, 0.2) is 11.4 Å². The molecular formula is C15H25N5O5S. The van der Waals surface area contributed by atoms with E-state index in [1.165, 1.54) is 12.0 Å². The Kier molecular flexibility index (Phi) is 5.97. The van der Waals surface area contributed by atoms with Gasteiger partial charge in [-0.3, -0.25) is 5.01 Å². The minimum absolute atomic E-state index is 0.247. The first-order valence-corrected chi connectivity index (χ1v) is 9.10. The number of hydrogen-bond donors (Lipinski definition) is 6. The molecule has 0 bridgehead atoms. The van der Waals surface area contributed by atoms with Gasteiger partial charge in [0.1, 0.15) is 24.4 Å². The van der Waals surface area contributed by atoms with Crippen molar-refractivity contribution in [2.75, 3.05) is 25.5 Å². The Bertz CT molecular complexity index is 635. The van der Waals surface area contributed by atoms with Crippen molar-refractivity contribution >= 4 is 16.5 Å². The van der Waals surface area contributed by atoms with Gasteiger partial charge in [0.2, 0.25) is 0 Å². The van der Waals surface area contributed by atoms with Crippen molar-refractivity contribution < 1.29 is 24.8 Å². The number of rotatable bonds is 6. The van der Waals surface area contributed by atoms with Crippen LogP contribution in [-0.4, -0.2) is 76.2 Å². The van der Waals surface area contributed by atoms with E-state index in [0.29, 0.717) is 6.54 Å². The lowest BCUT2D eigenvalue weighted by molar-refractivity contribution is -0.291. The fraction of sp³-hybridized carbons (Fsp3) is 0.667. The Morgan fingerprint density at radius 3 is 2.73 bits per heavy atom. The van der Waals surface area contributed by atoms with Crippen LogP contribution in [0.15, 0.2) is 11.9 Å². The van der Waals surface area contributed by atoms with Gasteiger partial charge in [-0.1, -0.05) is 0 Å². The van der Waals surface area contributed by atoms with E-state index in [9.17, 15) is 15.3 Å². The van der Waals surface area contributed by atoms with Crippen LogP contribution in [0.4, 0.5) is 5.13 Å². The molecule has 0 aliphatic carbocycles. The second-order valence-corrected chi connectivity index (χ2v) is 7.51. The van der Waals surface area contributed by atoms with Crippen LogP contribution in [0, 0.1) is 13.8 Å². The molecule has 146 valence electrons. The Morgan fingerprint density at radius 2 is 2.08 bits per heavy atom. The van der Waals surface area contributed by atoms with Crippen LogP contribution >= 0.6 is 11.3 Å². The third-order valence-corrected chi connectivity index (χ3v) is 5.44. The van der Waals surface area contributed by atoms with E-state index < -0.39 is 30.7 Å². The maximum Gasteiger partial charge on any atom is 0.186 e. The maximum atomic E-state index is 10.1. The van der Waals surface area contributed by atoms with Gasteiger partial charge >= 0.3 is 0 Å². The molecule has 11 heteroatoms. The van der Waals surface area contributed by atoms with Crippen LogP contribution in [0.1, 0.15) is 10.6 Å². The first kappa shape index (κ1) is 19.3. The van der Waals surface area contributed by atoms with Crippen LogP contribution in [-0.2, 0) is 9.47 Å². The molecule has 1 aromatic heterocycles. The highest BCUT2D eigenvalue weighted by molar-refractivity contribution is 7.15. The van der Waals surface area contributed by atoms with Gasteiger partial charge < -0.3 is 35.5 Å². The number of nitrogens with one attached hydrogen (secondary N) is 3. The number of aliphatic hydroxyl groups is 3. The van der Waals surface area contributed by atoms with Crippen LogP contribution in [0.2, 0.25) is 0 Å². The molecule has 1 aromatic rings. The molecule has 3 heterocycles. The monoisotopic (exact) mass is 387 g/mol. The second kappa shape index (κ2) is 8.05. The van der Waals surface area contributed by atoms with Crippen LogP contribution < -0.4 is 16.3 Å². The number of aryl methyl sites for hydroxylation is 2. The summed E-state index contributed by atoms with van der Waals surface area (Å²) in [5, 5.41) is 35.7. The largest absolute Gasteiger partial charge is 0.388 e. The summed E-state index contributed by atoms with van der Waals surface area (Å²) in [5.41, 5.74) is 7.86. The fourth-order valence-corrected chi connectivity index (χ4v) is 3.57. The molecule has 3 rings (SSSR count). The fourth-order valence-electron chi connectivity index (χ4n) is 2.76. The summed E-state index contributed by atoms with van der Waals surface area (Å²) in [6, 6.07) is 0. The van der Waals surface area contributed by atoms with Gasteiger partial charge in [0.25, 0.3) is 0 Å². The van der Waals surface area contributed by atoms with E-state index in [0.717, 1.165) is 16.5 Å². The standard InChI is InChI=1S/C15H25N5O5S/c1-7-8(2)26-15(17-7)16-4-9-5-20(19-18-9)6-10-11(21)12(22)13(23)14(24-3)25-10/h5,10-14,18-19,21-23H,4,6H2,1-3H3,(H,16,17). The molecule has 0 saturated carbocycles. The van der Waals surface area contributed by atoms with Gasteiger partial charge in [0.05, 0.1) is 24.5 Å². The normalized spacial score (nSPS) is 31.7. The number of hydrogen-bond acceptors (Lipinski definition) is 11. The molecule has 0 spiro atoms. The number of anilines is 1. The van der Waals surface area contributed by atoms with Crippen LogP contribution in [0.3, 0.4) is 0 Å². The van der Waals surface area contributed by atoms with Gasteiger partial charge in [-0.15, -0.1) is 16.9 Å². The highest BCUT2D eigenvalue weighted by Crippen LogP contribution is 2.23. The van der Waals surface area contributed by atoms with E-state index in [-0.39, 0.29) is 6.54 Å². The summed E-state index contributed by atoms with van der Waals surface area (Å²) in [6.45, 7) is 4.80. The van der Waals surface area contributed by atoms with Gasteiger partial charge in [-0.25, -0.2) is 4.98 Å². The smallest absolute Gasteiger partial charge is 0.186 e. The topological polar surface area (TPSA) is 131 Å². The summed E-state index contributed by atoms with van der Waals surface area (Å²) in [6.07, 6.45) is -3.76. The highest BCUT2D eigenvalue weighted by Gasteiger charge is 2.44. The summed E-state index contributed by atoms with van der Waals surface area (Å²) < 4.78 is 10.5. The van der Waals surface area contributed by atoms with Crippen LogP contribution in [0.5, 0.6) is 0 Å². The average molecular weight is 387 g/mol. The minimum atomic E-state index is -1.34. The summed E-state index contributed by atoms with van der Waals surface area (Å²) in [7, 11) is 1.37. The van der Waals surface area contributed by atoms with E-state index in [1.807, 2.05) is 20.0 Å². The third-order valence-electron chi connectivity index (χ3n) is 4.41. The Balaban J connectivity index is 1.54. The number of thiazole rings is 1. The zero-order chi connectivity index (χ0) is 18.8. The molecule has 1 fully saturated rings. The first-order chi connectivity index (χ1) is 12.4. The molecule has 5 unspecified atom stereocenters. The summed E-state index contributed by atoms with van der Waals surface area (Å²) in [5.74, 6) is 0. The number of aromatic nitrogens is 1. The zero-order valence-electron chi connectivity index (χ0n) is 14.8.